The Morgan fingerprint density at radius 3 is 3.10 bits per heavy atom. The molecule has 0 spiro atoms. The van der Waals surface area contributed by atoms with Gasteiger partial charge in [0.25, 0.3) is 0 Å². The van der Waals surface area contributed by atoms with Gasteiger partial charge in [-0.25, -0.2) is 4.98 Å². The summed E-state index contributed by atoms with van der Waals surface area (Å²) in [4.78, 5) is 16.1. The minimum atomic E-state index is 0.592. The van der Waals surface area contributed by atoms with E-state index in [1.807, 2.05) is 36.6 Å². The summed E-state index contributed by atoms with van der Waals surface area (Å²) in [6.45, 7) is 5.41. The number of thioether (sulfide) groups is 1. The zero-order valence-corrected chi connectivity index (χ0v) is 12.4. The first-order valence-electron chi connectivity index (χ1n) is 6.67. The summed E-state index contributed by atoms with van der Waals surface area (Å²) < 4.78 is 7.67. The SMILES string of the molecule is CCOc1ccc(C)cc1-c1nc2n(c1C=O)CCS2. The summed E-state index contributed by atoms with van der Waals surface area (Å²) in [6.07, 6.45) is 0.899. The molecule has 2 heterocycles. The molecule has 104 valence electrons. The second-order valence-corrected chi connectivity index (χ2v) is 5.74. The van der Waals surface area contributed by atoms with E-state index in [-0.39, 0.29) is 0 Å². The highest BCUT2D eigenvalue weighted by Crippen LogP contribution is 2.36. The number of carbonyl (C=O) groups excluding carboxylic acids is 1. The number of aldehydes is 1. The molecule has 0 N–H and O–H groups in total. The normalized spacial score (nSPS) is 13.3. The molecule has 0 atom stereocenters. The first kappa shape index (κ1) is 13.2. The Kier molecular flexibility index (Phi) is 3.53. The lowest BCUT2D eigenvalue weighted by Gasteiger charge is -2.10. The van der Waals surface area contributed by atoms with E-state index < -0.39 is 0 Å². The van der Waals surface area contributed by atoms with Gasteiger partial charge in [-0.3, -0.25) is 4.79 Å². The Balaban J connectivity index is 2.18. The van der Waals surface area contributed by atoms with Gasteiger partial charge in [0.15, 0.2) is 11.4 Å². The van der Waals surface area contributed by atoms with Crippen molar-refractivity contribution in [3.8, 4) is 17.0 Å². The number of benzene rings is 1. The van der Waals surface area contributed by atoms with Gasteiger partial charge in [0.1, 0.15) is 17.1 Å². The third-order valence-electron chi connectivity index (χ3n) is 3.32. The van der Waals surface area contributed by atoms with Crippen LogP contribution in [0.25, 0.3) is 11.3 Å². The third-order valence-corrected chi connectivity index (χ3v) is 4.28. The van der Waals surface area contributed by atoms with Crippen molar-refractivity contribution < 1.29 is 9.53 Å². The molecule has 3 rings (SSSR count). The van der Waals surface area contributed by atoms with E-state index in [1.54, 1.807) is 11.8 Å². The van der Waals surface area contributed by atoms with Gasteiger partial charge in [-0.2, -0.15) is 0 Å². The predicted molar refractivity (Wildman–Crippen MR) is 79.7 cm³/mol. The summed E-state index contributed by atoms with van der Waals surface area (Å²) in [5.74, 6) is 1.76. The molecule has 0 saturated carbocycles. The number of aryl methyl sites for hydroxylation is 1. The van der Waals surface area contributed by atoms with Crippen molar-refractivity contribution in [2.24, 2.45) is 0 Å². The van der Waals surface area contributed by atoms with Crippen LogP contribution in [0.3, 0.4) is 0 Å². The molecule has 4 nitrogen and oxygen atoms in total. The minimum Gasteiger partial charge on any atom is -0.493 e. The standard InChI is InChI=1S/C15H16N2O2S/c1-3-19-13-5-4-10(2)8-11(13)14-12(9-18)17-6-7-20-15(17)16-14/h4-5,8-9H,3,6-7H2,1-2H3. The highest BCUT2D eigenvalue weighted by atomic mass is 32.2. The monoisotopic (exact) mass is 288 g/mol. The number of nitrogens with zero attached hydrogens (tertiary/aromatic N) is 2. The lowest BCUT2D eigenvalue weighted by atomic mass is 10.1. The van der Waals surface area contributed by atoms with E-state index in [0.717, 1.165) is 46.3 Å². The first-order valence-corrected chi connectivity index (χ1v) is 7.65. The zero-order chi connectivity index (χ0) is 14.1. The van der Waals surface area contributed by atoms with Gasteiger partial charge in [0.05, 0.1) is 6.61 Å². The number of carbonyl (C=O) groups is 1. The number of imidazole rings is 1. The number of ether oxygens (including phenoxy) is 1. The average molecular weight is 288 g/mol. The van der Waals surface area contributed by atoms with Gasteiger partial charge in [0.2, 0.25) is 0 Å². The van der Waals surface area contributed by atoms with Crippen LogP contribution < -0.4 is 4.74 Å². The van der Waals surface area contributed by atoms with Gasteiger partial charge >= 0.3 is 0 Å². The number of aromatic nitrogens is 2. The average Bonchev–Trinajstić information content (AvgIpc) is 3.01. The van der Waals surface area contributed by atoms with Crippen LogP contribution in [0.5, 0.6) is 5.75 Å². The minimum absolute atomic E-state index is 0.592. The van der Waals surface area contributed by atoms with Gasteiger partial charge in [-0.15, -0.1) is 0 Å². The van der Waals surface area contributed by atoms with E-state index >= 15 is 0 Å². The zero-order valence-electron chi connectivity index (χ0n) is 11.5. The smallest absolute Gasteiger partial charge is 0.169 e. The van der Waals surface area contributed by atoms with Crippen molar-refractivity contribution in [1.29, 1.82) is 0 Å². The maximum atomic E-state index is 11.5. The molecular weight excluding hydrogens is 272 g/mol. The molecule has 0 radical (unpaired) electrons. The van der Waals surface area contributed by atoms with Crippen molar-refractivity contribution >= 4 is 18.0 Å². The van der Waals surface area contributed by atoms with Gasteiger partial charge in [-0.1, -0.05) is 23.4 Å². The molecule has 0 saturated heterocycles. The van der Waals surface area contributed by atoms with Crippen LogP contribution in [0.4, 0.5) is 0 Å². The molecule has 0 aliphatic carbocycles. The molecule has 1 aliphatic rings. The van der Waals surface area contributed by atoms with E-state index in [1.165, 1.54) is 0 Å². The lowest BCUT2D eigenvalue weighted by Crippen LogP contribution is -2.01. The van der Waals surface area contributed by atoms with Gasteiger partial charge in [-0.05, 0) is 26.0 Å². The fraction of sp³-hybridized carbons (Fsp3) is 0.333. The second kappa shape index (κ2) is 5.32. The lowest BCUT2D eigenvalue weighted by molar-refractivity contribution is 0.111. The molecule has 0 amide bonds. The fourth-order valence-electron chi connectivity index (χ4n) is 2.43. The van der Waals surface area contributed by atoms with Crippen LogP contribution in [-0.2, 0) is 6.54 Å². The van der Waals surface area contributed by atoms with E-state index in [0.29, 0.717) is 12.3 Å². The topological polar surface area (TPSA) is 44.1 Å². The highest BCUT2D eigenvalue weighted by molar-refractivity contribution is 7.99. The van der Waals surface area contributed by atoms with Crippen LogP contribution in [-0.4, -0.2) is 28.2 Å². The molecule has 0 bridgehead atoms. The molecule has 1 aromatic carbocycles. The summed E-state index contributed by atoms with van der Waals surface area (Å²) in [5, 5.41) is 0.922. The number of hydrogen-bond donors (Lipinski definition) is 0. The number of hydrogen-bond acceptors (Lipinski definition) is 4. The van der Waals surface area contributed by atoms with Crippen LogP contribution in [0, 0.1) is 6.92 Å². The van der Waals surface area contributed by atoms with Crippen molar-refractivity contribution in [2.45, 2.75) is 25.5 Å². The van der Waals surface area contributed by atoms with Crippen molar-refractivity contribution in [1.82, 2.24) is 9.55 Å². The van der Waals surface area contributed by atoms with E-state index in [9.17, 15) is 4.79 Å². The van der Waals surface area contributed by atoms with E-state index in [4.69, 9.17) is 4.74 Å². The third kappa shape index (κ3) is 2.12. The summed E-state index contributed by atoms with van der Waals surface area (Å²) in [6, 6.07) is 5.98. The molecule has 1 aromatic heterocycles. The molecule has 1 aliphatic heterocycles. The quantitative estimate of drug-likeness (QED) is 0.811. The van der Waals surface area contributed by atoms with E-state index in [2.05, 4.69) is 4.98 Å². The molecule has 5 heteroatoms. The molecule has 20 heavy (non-hydrogen) atoms. The molecular formula is C15H16N2O2S. The van der Waals surface area contributed by atoms with Crippen molar-refractivity contribution in [3.05, 3.63) is 29.5 Å². The molecule has 0 unspecified atom stereocenters. The van der Waals surface area contributed by atoms with Crippen LogP contribution in [0.15, 0.2) is 23.4 Å². The molecule has 0 fully saturated rings. The number of fused-ring (bicyclic) bond motifs is 1. The first-order chi connectivity index (χ1) is 9.74. The maximum Gasteiger partial charge on any atom is 0.169 e. The van der Waals surface area contributed by atoms with Crippen LogP contribution >= 0.6 is 11.8 Å². The van der Waals surface area contributed by atoms with Crippen LogP contribution in [0.2, 0.25) is 0 Å². The van der Waals surface area contributed by atoms with Crippen molar-refractivity contribution in [3.63, 3.8) is 0 Å². The summed E-state index contributed by atoms with van der Waals surface area (Å²) in [5.41, 5.74) is 3.41. The predicted octanol–water partition coefficient (Wildman–Crippen LogP) is 3.18. The van der Waals surface area contributed by atoms with Crippen molar-refractivity contribution in [2.75, 3.05) is 12.4 Å². The maximum absolute atomic E-state index is 11.5. The Morgan fingerprint density at radius 2 is 2.35 bits per heavy atom. The second-order valence-electron chi connectivity index (χ2n) is 4.68. The Bertz CT molecular complexity index is 664. The van der Waals surface area contributed by atoms with Gasteiger partial charge < -0.3 is 9.30 Å². The Morgan fingerprint density at radius 1 is 1.50 bits per heavy atom. The fourth-order valence-corrected chi connectivity index (χ4v) is 3.38. The molecule has 2 aromatic rings. The number of rotatable bonds is 4. The van der Waals surface area contributed by atoms with Gasteiger partial charge in [0, 0.05) is 17.9 Å². The Labute approximate surface area is 122 Å². The largest absolute Gasteiger partial charge is 0.493 e. The Hall–Kier alpha value is -1.75. The van der Waals surface area contributed by atoms with Crippen LogP contribution in [0.1, 0.15) is 23.0 Å². The highest BCUT2D eigenvalue weighted by Gasteiger charge is 2.24. The summed E-state index contributed by atoms with van der Waals surface area (Å²) >= 11 is 1.69. The summed E-state index contributed by atoms with van der Waals surface area (Å²) in [7, 11) is 0.